The molecule has 106 valence electrons. The quantitative estimate of drug-likeness (QED) is 0.778. The Morgan fingerprint density at radius 1 is 1.55 bits per heavy atom. The van der Waals surface area contributed by atoms with Crippen molar-refractivity contribution in [2.75, 3.05) is 6.61 Å². The summed E-state index contributed by atoms with van der Waals surface area (Å²) in [4.78, 5) is 15.0. The van der Waals surface area contributed by atoms with Crippen molar-refractivity contribution in [3.63, 3.8) is 0 Å². The molecule has 0 aliphatic rings. The zero-order chi connectivity index (χ0) is 14.7. The molecule has 0 saturated carbocycles. The number of hydrogen-bond acceptors (Lipinski definition) is 6. The van der Waals surface area contributed by atoms with Crippen LogP contribution < -0.4 is 10.5 Å². The van der Waals surface area contributed by atoms with Gasteiger partial charge in [0.25, 0.3) is 0 Å². The lowest BCUT2D eigenvalue weighted by atomic mass is 10.2. The van der Waals surface area contributed by atoms with Gasteiger partial charge in [-0.25, -0.2) is 4.98 Å². The molecule has 0 fully saturated rings. The number of thiazole rings is 1. The fraction of sp³-hybridized carbons (Fsp3) is 0.231. The van der Waals surface area contributed by atoms with Crippen LogP contribution in [0.2, 0.25) is 0 Å². The van der Waals surface area contributed by atoms with Crippen molar-refractivity contribution in [2.24, 2.45) is 5.73 Å². The fourth-order valence-corrected chi connectivity index (χ4v) is 2.46. The summed E-state index contributed by atoms with van der Waals surface area (Å²) in [6, 6.07) is 3.72. The predicted molar refractivity (Wildman–Crippen MR) is 74.9 cm³/mol. The highest BCUT2D eigenvalue weighted by Gasteiger charge is 2.18. The van der Waals surface area contributed by atoms with Gasteiger partial charge >= 0.3 is 5.97 Å². The smallest absolute Gasteiger partial charge is 0.326 e. The van der Waals surface area contributed by atoms with Crippen LogP contribution in [0.5, 0.6) is 11.5 Å². The molecule has 6 nitrogen and oxygen atoms in total. The number of carboxylic acid groups (broad SMARTS) is 1. The fourth-order valence-electron chi connectivity index (χ4n) is 1.61. The normalized spacial score (nSPS) is 12.1. The minimum Gasteiger partial charge on any atom is -0.504 e. The molecular formula is C13H14N2O4S. The number of rotatable bonds is 5. The first-order valence-electron chi connectivity index (χ1n) is 5.93. The molecule has 7 heteroatoms. The Hall–Kier alpha value is -2.12. The molecule has 2 rings (SSSR count). The van der Waals surface area contributed by atoms with Gasteiger partial charge in [-0.2, -0.15) is 0 Å². The summed E-state index contributed by atoms with van der Waals surface area (Å²) in [5.41, 5.74) is 6.56. The van der Waals surface area contributed by atoms with Crippen LogP contribution >= 0.6 is 11.3 Å². The van der Waals surface area contributed by atoms with E-state index in [9.17, 15) is 9.90 Å². The Kier molecular flexibility index (Phi) is 4.21. The number of carbonyl (C=O) groups is 1. The Bertz CT molecular complexity index is 627. The first kappa shape index (κ1) is 14.3. The van der Waals surface area contributed by atoms with Crippen LogP contribution in [0.3, 0.4) is 0 Å². The lowest BCUT2D eigenvalue weighted by Gasteiger charge is -2.07. The molecule has 0 aliphatic carbocycles. The molecule has 1 atom stereocenters. The highest BCUT2D eigenvalue weighted by molar-refractivity contribution is 7.13. The van der Waals surface area contributed by atoms with Gasteiger partial charge in [0, 0.05) is 10.9 Å². The average molecular weight is 294 g/mol. The second kappa shape index (κ2) is 5.89. The van der Waals surface area contributed by atoms with Gasteiger partial charge in [-0.1, -0.05) is 0 Å². The molecule has 0 radical (unpaired) electrons. The lowest BCUT2D eigenvalue weighted by Crippen LogP contribution is -2.20. The predicted octanol–water partition coefficient (Wildman–Crippen LogP) is 2.00. The zero-order valence-corrected chi connectivity index (χ0v) is 11.6. The Balaban J connectivity index is 2.32. The number of aromatic hydroxyl groups is 1. The summed E-state index contributed by atoms with van der Waals surface area (Å²) in [5.74, 6) is -0.707. The van der Waals surface area contributed by atoms with Gasteiger partial charge in [-0.3, -0.25) is 4.79 Å². The molecule has 1 heterocycles. The van der Waals surface area contributed by atoms with E-state index >= 15 is 0 Å². The second-order valence-corrected chi connectivity index (χ2v) is 4.87. The summed E-state index contributed by atoms with van der Waals surface area (Å²) >= 11 is 1.29. The highest BCUT2D eigenvalue weighted by Crippen LogP contribution is 2.33. The maximum absolute atomic E-state index is 10.8. The lowest BCUT2D eigenvalue weighted by molar-refractivity contribution is -0.138. The van der Waals surface area contributed by atoms with Gasteiger partial charge in [-0.05, 0) is 25.1 Å². The van der Waals surface area contributed by atoms with Crippen molar-refractivity contribution in [2.45, 2.75) is 13.0 Å². The van der Waals surface area contributed by atoms with E-state index in [1.54, 1.807) is 17.5 Å². The molecule has 0 amide bonds. The summed E-state index contributed by atoms with van der Waals surface area (Å²) in [7, 11) is 0. The first-order valence-corrected chi connectivity index (χ1v) is 6.81. The van der Waals surface area contributed by atoms with E-state index in [0.717, 1.165) is 5.56 Å². The van der Waals surface area contributed by atoms with Gasteiger partial charge in [0.15, 0.2) is 11.5 Å². The number of nitrogens with two attached hydrogens (primary N) is 1. The number of aromatic nitrogens is 1. The van der Waals surface area contributed by atoms with E-state index < -0.39 is 12.0 Å². The summed E-state index contributed by atoms with van der Waals surface area (Å²) in [6.45, 7) is 2.25. The SMILES string of the molecule is CCOc1cc(-c2nc(C(N)C(=O)O)cs2)ccc1O. The van der Waals surface area contributed by atoms with Crippen molar-refractivity contribution < 1.29 is 19.7 Å². The molecule has 1 aromatic heterocycles. The topological polar surface area (TPSA) is 106 Å². The molecule has 1 unspecified atom stereocenters. The summed E-state index contributed by atoms with van der Waals surface area (Å²) in [6.07, 6.45) is 0. The van der Waals surface area contributed by atoms with Crippen LogP contribution in [0, 0.1) is 0 Å². The van der Waals surface area contributed by atoms with E-state index in [2.05, 4.69) is 4.98 Å². The number of ether oxygens (including phenoxy) is 1. The van der Waals surface area contributed by atoms with Gasteiger partial charge in [0.1, 0.15) is 11.0 Å². The standard InChI is InChI=1S/C13H14N2O4S/c1-2-19-10-5-7(3-4-9(10)16)12-15-8(6-20-12)11(14)13(17)18/h3-6,11,16H,2,14H2,1H3,(H,17,18). The molecule has 0 saturated heterocycles. The highest BCUT2D eigenvalue weighted by atomic mass is 32.1. The number of hydrogen-bond donors (Lipinski definition) is 3. The summed E-state index contributed by atoms with van der Waals surface area (Å²) < 4.78 is 5.30. The van der Waals surface area contributed by atoms with Crippen LogP contribution in [0.25, 0.3) is 10.6 Å². The molecule has 4 N–H and O–H groups in total. The van der Waals surface area contributed by atoms with Crippen molar-refractivity contribution >= 4 is 17.3 Å². The van der Waals surface area contributed by atoms with Gasteiger partial charge < -0.3 is 20.7 Å². The van der Waals surface area contributed by atoms with Crippen LogP contribution in [0.1, 0.15) is 18.7 Å². The van der Waals surface area contributed by atoms with Gasteiger partial charge in [-0.15, -0.1) is 11.3 Å². The van der Waals surface area contributed by atoms with Crippen LogP contribution in [0.4, 0.5) is 0 Å². The van der Waals surface area contributed by atoms with Gasteiger partial charge in [0.05, 0.1) is 12.3 Å². The number of aliphatic carboxylic acids is 1. The minimum atomic E-state index is -1.14. The van der Waals surface area contributed by atoms with E-state index in [-0.39, 0.29) is 5.75 Å². The largest absolute Gasteiger partial charge is 0.504 e. The van der Waals surface area contributed by atoms with E-state index in [4.69, 9.17) is 15.6 Å². The maximum Gasteiger partial charge on any atom is 0.326 e. The third kappa shape index (κ3) is 2.89. The van der Waals surface area contributed by atoms with E-state index in [1.165, 1.54) is 17.4 Å². The summed E-state index contributed by atoms with van der Waals surface area (Å²) in [5, 5.41) is 20.7. The maximum atomic E-state index is 10.8. The molecule has 1 aromatic carbocycles. The molecular weight excluding hydrogens is 280 g/mol. The third-order valence-corrected chi connectivity index (χ3v) is 3.52. The number of nitrogens with zero attached hydrogens (tertiary/aromatic N) is 1. The zero-order valence-electron chi connectivity index (χ0n) is 10.7. The van der Waals surface area contributed by atoms with Crippen molar-refractivity contribution in [1.82, 2.24) is 4.98 Å². The third-order valence-electron chi connectivity index (χ3n) is 2.61. The molecule has 0 spiro atoms. The van der Waals surface area contributed by atoms with E-state index in [1.807, 2.05) is 6.92 Å². The number of benzene rings is 1. The molecule has 0 aliphatic heterocycles. The minimum absolute atomic E-state index is 0.0506. The van der Waals surface area contributed by atoms with Crippen LogP contribution in [0.15, 0.2) is 23.6 Å². The van der Waals surface area contributed by atoms with E-state index in [0.29, 0.717) is 23.1 Å². The number of carboxylic acids is 1. The Morgan fingerprint density at radius 3 is 2.95 bits per heavy atom. The first-order chi connectivity index (χ1) is 9.52. The molecule has 2 aromatic rings. The monoisotopic (exact) mass is 294 g/mol. The van der Waals surface area contributed by atoms with Gasteiger partial charge in [0.2, 0.25) is 0 Å². The van der Waals surface area contributed by atoms with Crippen molar-refractivity contribution in [3.8, 4) is 22.1 Å². The second-order valence-electron chi connectivity index (χ2n) is 4.01. The number of phenols is 1. The molecule has 20 heavy (non-hydrogen) atoms. The Labute approximate surface area is 119 Å². The van der Waals surface area contributed by atoms with Crippen molar-refractivity contribution in [1.29, 1.82) is 0 Å². The molecule has 0 bridgehead atoms. The number of phenolic OH excluding ortho intramolecular Hbond substituents is 1. The van der Waals surface area contributed by atoms with Crippen molar-refractivity contribution in [3.05, 3.63) is 29.3 Å². The van der Waals surface area contributed by atoms with Crippen LogP contribution in [-0.2, 0) is 4.79 Å². The van der Waals surface area contributed by atoms with Crippen LogP contribution in [-0.4, -0.2) is 27.8 Å². The average Bonchev–Trinajstić information content (AvgIpc) is 2.90. The Morgan fingerprint density at radius 2 is 2.30 bits per heavy atom.